The highest BCUT2D eigenvalue weighted by molar-refractivity contribution is 5.40. The van der Waals surface area contributed by atoms with Gasteiger partial charge in [0.15, 0.2) is 0 Å². The monoisotopic (exact) mass is 164 g/mol. The van der Waals surface area contributed by atoms with Gasteiger partial charge in [-0.15, -0.1) is 0 Å². The predicted octanol–water partition coefficient (Wildman–Crippen LogP) is 1.50. The van der Waals surface area contributed by atoms with Crippen molar-refractivity contribution in [1.29, 1.82) is 0 Å². The molecule has 0 unspecified atom stereocenters. The molecule has 1 aliphatic rings. The number of aliphatic hydroxyl groups excluding tert-OH is 1. The standard InChI is InChI=1S/C10H12O2/c1-7-4-9-5-8(6-11)2-3-10(9)12-7/h2-3,5,7,11H,4,6H2,1H3/t7-/m1/s1. The molecule has 0 radical (unpaired) electrons. The van der Waals surface area contributed by atoms with Gasteiger partial charge in [0.05, 0.1) is 6.61 Å². The van der Waals surface area contributed by atoms with Gasteiger partial charge in [-0.25, -0.2) is 0 Å². The summed E-state index contributed by atoms with van der Waals surface area (Å²) in [4.78, 5) is 0. The van der Waals surface area contributed by atoms with Crippen molar-refractivity contribution in [3.8, 4) is 5.75 Å². The van der Waals surface area contributed by atoms with E-state index < -0.39 is 0 Å². The zero-order valence-corrected chi connectivity index (χ0v) is 7.08. The van der Waals surface area contributed by atoms with Crippen molar-refractivity contribution in [2.75, 3.05) is 0 Å². The quantitative estimate of drug-likeness (QED) is 0.681. The molecule has 0 fully saturated rings. The van der Waals surface area contributed by atoms with E-state index in [1.165, 1.54) is 5.56 Å². The predicted molar refractivity (Wildman–Crippen MR) is 46.2 cm³/mol. The van der Waals surface area contributed by atoms with E-state index in [0.717, 1.165) is 17.7 Å². The van der Waals surface area contributed by atoms with E-state index in [1.807, 2.05) is 18.2 Å². The molecule has 2 nitrogen and oxygen atoms in total. The molecule has 1 heterocycles. The first-order chi connectivity index (χ1) is 5.79. The molecule has 0 spiro atoms. The largest absolute Gasteiger partial charge is 0.490 e. The molecule has 0 aliphatic carbocycles. The molecule has 0 saturated carbocycles. The molecule has 0 bridgehead atoms. The van der Waals surface area contributed by atoms with Gasteiger partial charge in [0.25, 0.3) is 0 Å². The number of rotatable bonds is 1. The molecular weight excluding hydrogens is 152 g/mol. The zero-order valence-electron chi connectivity index (χ0n) is 7.08. The Hall–Kier alpha value is -1.02. The van der Waals surface area contributed by atoms with Crippen LogP contribution >= 0.6 is 0 Å². The highest BCUT2D eigenvalue weighted by atomic mass is 16.5. The second-order valence-electron chi connectivity index (χ2n) is 3.23. The first kappa shape index (κ1) is 7.62. The molecule has 1 atom stereocenters. The number of hydrogen-bond donors (Lipinski definition) is 1. The molecule has 1 aromatic carbocycles. The second-order valence-corrected chi connectivity index (χ2v) is 3.23. The Kier molecular flexibility index (Phi) is 1.77. The van der Waals surface area contributed by atoms with E-state index in [2.05, 4.69) is 6.92 Å². The van der Waals surface area contributed by atoms with Crippen LogP contribution in [0.2, 0.25) is 0 Å². The number of fused-ring (bicyclic) bond motifs is 1. The normalized spacial score (nSPS) is 20.3. The summed E-state index contributed by atoms with van der Waals surface area (Å²) in [6, 6.07) is 5.85. The van der Waals surface area contributed by atoms with Crippen molar-refractivity contribution in [2.24, 2.45) is 0 Å². The average molecular weight is 164 g/mol. The zero-order chi connectivity index (χ0) is 8.55. The lowest BCUT2D eigenvalue weighted by Crippen LogP contribution is -2.05. The summed E-state index contributed by atoms with van der Waals surface area (Å²) in [5.74, 6) is 0.972. The number of hydrogen-bond acceptors (Lipinski definition) is 2. The molecule has 1 N–H and O–H groups in total. The van der Waals surface area contributed by atoms with Crippen molar-refractivity contribution in [2.45, 2.75) is 26.1 Å². The highest BCUT2D eigenvalue weighted by Gasteiger charge is 2.18. The Balaban J connectivity index is 2.35. The molecule has 0 saturated heterocycles. The van der Waals surface area contributed by atoms with E-state index in [0.29, 0.717) is 0 Å². The van der Waals surface area contributed by atoms with Crippen LogP contribution < -0.4 is 4.74 Å². The summed E-state index contributed by atoms with van der Waals surface area (Å²) in [6.45, 7) is 2.17. The fraction of sp³-hybridized carbons (Fsp3) is 0.400. The van der Waals surface area contributed by atoms with E-state index in [-0.39, 0.29) is 12.7 Å². The number of aliphatic hydroxyl groups is 1. The van der Waals surface area contributed by atoms with Gasteiger partial charge in [-0.05, 0) is 30.2 Å². The lowest BCUT2D eigenvalue weighted by Gasteiger charge is -2.02. The summed E-state index contributed by atoms with van der Waals surface area (Å²) < 4.78 is 5.52. The Labute approximate surface area is 71.8 Å². The van der Waals surface area contributed by atoms with Gasteiger partial charge in [-0.3, -0.25) is 0 Å². The summed E-state index contributed by atoms with van der Waals surface area (Å²) in [7, 11) is 0. The van der Waals surface area contributed by atoms with Gasteiger partial charge in [-0.2, -0.15) is 0 Å². The van der Waals surface area contributed by atoms with Crippen molar-refractivity contribution < 1.29 is 9.84 Å². The van der Waals surface area contributed by atoms with Crippen molar-refractivity contribution >= 4 is 0 Å². The smallest absolute Gasteiger partial charge is 0.123 e. The van der Waals surface area contributed by atoms with Gasteiger partial charge < -0.3 is 9.84 Å². The first-order valence-corrected chi connectivity index (χ1v) is 4.19. The molecule has 12 heavy (non-hydrogen) atoms. The molecule has 1 aromatic rings. The van der Waals surface area contributed by atoms with E-state index in [4.69, 9.17) is 9.84 Å². The van der Waals surface area contributed by atoms with Crippen LogP contribution in [0.25, 0.3) is 0 Å². The number of benzene rings is 1. The fourth-order valence-electron chi connectivity index (χ4n) is 1.57. The lowest BCUT2D eigenvalue weighted by atomic mass is 10.1. The highest BCUT2D eigenvalue weighted by Crippen LogP contribution is 2.29. The van der Waals surface area contributed by atoms with Crippen LogP contribution in [0.1, 0.15) is 18.1 Å². The Bertz CT molecular complexity index is 294. The Morgan fingerprint density at radius 3 is 3.17 bits per heavy atom. The minimum absolute atomic E-state index is 0.113. The van der Waals surface area contributed by atoms with Crippen LogP contribution in [0.3, 0.4) is 0 Å². The van der Waals surface area contributed by atoms with Crippen molar-refractivity contribution in [3.63, 3.8) is 0 Å². The summed E-state index contributed by atoms with van der Waals surface area (Å²) in [6.07, 6.45) is 1.25. The first-order valence-electron chi connectivity index (χ1n) is 4.19. The summed E-state index contributed by atoms with van der Waals surface area (Å²) in [5.41, 5.74) is 2.18. The molecule has 0 aromatic heterocycles. The topological polar surface area (TPSA) is 29.5 Å². The average Bonchev–Trinajstić information content (AvgIpc) is 2.43. The molecular formula is C10H12O2. The van der Waals surface area contributed by atoms with Crippen LogP contribution in [0.4, 0.5) is 0 Å². The van der Waals surface area contributed by atoms with Crippen LogP contribution in [0, 0.1) is 0 Å². The maximum Gasteiger partial charge on any atom is 0.123 e. The van der Waals surface area contributed by atoms with E-state index >= 15 is 0 Å². The van der Waals surface area contributed by atoms with Gasteiger partial charge >= 0.3 is 0 Å². The Morgan fingerprint density at radius 2 is 2.42 bits per heavy atom. The SMILES string of the molecule is C[C@@H]1Cc2cc(CO)ccc2O1. The number of ether oxygens (including phenoxy) is 1. The van der Waals surface area contributed by atoms with Crippen LogP contribution in [-0.4, -0.2) is 11.2 Å². The summed E-state index contributed by atoms with van der Waals surface area (Å²) >= 11 is 0. The fourth-order valence-corrected chi connectivity index (χ4v) is 1.57. The van der Waals surface area contributed by atoms with Crippen molar-refractivity contribution in [1.82, 2.24) is 0 Å². The Morgan fingerprint density at radius 1 is 1.58 bits per heavy atom. The maximum atomic E-state index is 8.89. The summed E-state index contributed by atoms with van der Waals surface area (Å²) in [5, 5.41) is 8.89. The van der Waals surface area contributed by atoms with Gasteiger partial charge in [-0.1, -0.05) is 6.07 Å². The second kappa shape index (κ2) is 2.79. The van der Waals surface area contributed by atoms with E-state index in [1.54, 1.807) is 0 Å². The van der Waals surface area contributed by atoms with Crippen LogP contribution in [0.5, 0.6) is 5.75 Å². The third-order valence-electron chi connectivity index (χ3n) is 2.14. The third kappa shape index (κ3) is 1.18. The van der Waals surface area contributed by atoms with Crippen LogP contribution in [-0.2, 0) is 13.0 Å². The molecule has 0 amide bonds. The molecule has 64 valence electrons. The molecule has 2 rings (SSSR count). The molecule has 1 aliphatic heterocycles. The van der Waals surface area contributed by atoms with Gasteiger partial charge in [0.2, 0.25) is 0 Å². The van der Waals surface area contributed by atoms with Gasteiger partial charge in [0, 0.05) is 6.42 Å². The van der Waals surface area contributed by atoms with Gasteiger partial charge in [0.1, 0.15) is 11.9 Å². The maximum absolute atomic E-state index is 8.89. The third-order valence-corrected chi connectivity index (χ3v) is 2.14. The van der Waals surface area contributed by atoms with Crippen molar-refractivity contribution in [3.05, 3.63) is 29.3 Å². The minimum Gasteiger partial charge on any atom is -0.490 e. The minimum atomic E-state index is 0.113. The van der Waals surface area contributed by atoms with Crippen LogP contribution in [0.15, 0.2) is 18.2 Å². The van der Waals surface area contributed by atoms with E-state index in [9.17, 15) is 0 Å². The molecule has 2 heteroatoms. The lowest BCUT2D eigenvalue weighted by molar-refractivity contribution is 0.254.